The highest BCUT2D eigenvalue weighted by molar-refractivity contribution is 5.94. The van der Waals surface area contributed by atoms with Gasteiger partial charge in [0.05, 0.1) is 13.2 Å². The molecular formula is C16H15F2NO2. The van der Waals surface area contributed by atoms with Crippen LogP contribution in [-0.4, -0.2) is 13.0 Å². The van der Waals surface area contributed by atoms with E-state index in [0.29, 0.717) is 11.1 Å². The lowest BCUT2D eigenvalue weighted by atomic mass is 10.1. The zero-order valence-electron chi connectivity index (χ0n) is 11.7. The molecule has 21 heavy (non-hydrogen) atoms. The number of amides is 1. The molecule has 2 aromatic carbocycles. The zero-order valence-corrected chi connectivity index (χ0v) is 11.7. The van der Waals surface area contributed by atoms with Gasteiger partial charge in [-0.3, -0.25) is 4.79 Å². The summed E-state index contributed by atoms with van der Waals surface area (Å²) in [6.07, 6.45) is 0. The van der Waals surface area contributed by atoms with Gasteiger partial charge in [0, 0.05) is 5.56 Å². The van der Waals surface area contributed by atoms with Gasteiger partial charge >= 0.3 is 0 Å². The van der Waals surface area contributed by atoms with E-state index in [1.54, 1.807) is 13.0 Å². The molecule has 2 rings (SSSR count). The second kappa shape index (κ2) is 6.35. The van der Waals surface area contributed by atoms with Crippen molar-refractivity contribution >= 4 is 5.91 Å². The number of halogens is 2. The number of carbonyl (C=O) groups is 1. The number of methoxy groups -OCH3 is 1. The molecule has 0 aliphatic carbocycles. The second-order valence-electron chi connectivity index (χ2n) is 4.60. The van der Waals surface area contributed by atoms with Crippen LogP contribution in [0.15, 0.2) is 42.5 Å². The molecule has 1 atom stereocenters. The van der Waals surface area contributed by atoms with Gasteiger partial charge in [-0.05, 0) is 48.9 Å². The summed E-state index contributed by atoms with van der Waals surface area (Å²) in [7, 11) is 1.39. The third-order valence-electron chi connectivity index (χ3n) is 3.13. The van der Waals surface area contributed by atoms with Crippen LogP contribution in [0.5, 0.6) is 5.75 Å². The molecular weight excluding hydrogens is 276 g/mol. The SMILES string of the molecule is COc1ccc(C(C)NC(=O)c2ccc(F)cc2)cc1F. The smallest absolute Gasteiger partial charge is 0.251 e. The summed E-state index contributed by atoms with van der Waals surface area (Å²) in [5.41, 5.74) is 0.959. The highest BCUT2D eigenvalue weighted by Gasteiger charge is 2.13. The van der Waals surface area contributed by atoms with Crippen LogP contribution >= 0.6 is 0 Å². The fourth-order valence-electron chi connectivity index (χ4n) is 1.92. The third kappa shape index (κ3) is 3.56. The minimum absolute atomic E-state index is 0.149. The highest BCUT2D eigenvalue weighted by Crippen LogP contribution is 2.22. The molecule has 5 heteroatoms. The summed E-state index contributed by atoms with van der Waals surface area (Å²) in [4.78, 5) is 12.0. The van der Waals surface area contributed by atoms with Crippen LogP contribution in [0, 0.1) is 11.6 Å². The fraction of sp³-hybridized carbons (Fsp3) is 0.188. The van der Waals surface area contributed by atoms with Crippen molar-refractivity contribution in [1.29, 1.82) is 0 Å². The van der Waals surface area contributed by atoms with Gasteiger partial charge < -0.3 is 10.1 Å². The number of hydrogen-bond donors (Lipinski definition) is 1. The summed E-state index contributed by atoms with van der Waals surface area (Å²) in [5, 5.41) is 2.73. The molecule has 0 fully saturated rings. The summed E-state index contributed by atoms with van der Waals surface area (Å²) >= 11 is 0. The lowest BCUT2D eigenvalue weighted by Crippen LogP contribution is -2.26. The molecule has 110 valence electrons. The van der Waals surface area contributed by atoms with Crippen molar-refractivity contribution in [2.75, 3.05) is 7.11 Å². The predicted molar refractivity (Wildman–Crippen MR) is 75.2 cm³/mol. The van der Waals surface area contributed by atoms with E-state index in [0.717, 1.165) is 0 Å². The normalized spacial score (nSPS) is 11.8. The van der Waals surface area contributed by atoms with Gasteiger partial charge in [-0.25, -0.2) is 8.78 Å². The molecule has 1 N–H and O–H groups in total. The van der Waals surface area contributed by atoms with E-state index in [4.69, 9.17) is 4.74 Å². The molecule has 2 aromatic rings. The fourth-order valence-corrected chi connectivity index (χ4v) is 1.92. The molecule has 1 amide bonds. The number of benzene rings is 2. The molecule has 0 radical (unpaired) electrons. The minimum atomic E-state index is -0.488. The number of hydrogen-bond acceptors (Lipinski definition) is 2. The Morgan fingerprint density at radius 3 is 2.38 bits per heavy atom. The Morgan fingerprint density at radius 2 is 1.81 bits per heavy atom. The largest absolute Gasteiger partial charge is 0.494 e. The van der Waals surface area contributed by atoms with Gasteiger partial charge in [-0.2, -0.15) is 0 Å². The van der Waals surface area contributed by atoms with Gasteiger partial charge in [-0.1, -0.05) is 6.07 Å². The summed E-state index contributed by atoms with van der Waals surface area (Å²) < 4.78 is 31.3. The molecule has 0 spiro atoms. The third-order valence-corrected chi connectivity index (χ3v) is 3.13. The van der Waals surface area contributed by atoms with Crippen LogP contribution in [-0.2, 0) is 0 Å². The van der Waals surface area contributed by atoms with Crippen molar-refractivity contribution in [1.82, 2.24) is 5.32 Å². The summed E-state index contributed by atoms with van der Waals surface area (Å²) in [6, 6.07) is 9.33. The molecule has 0 aliphatic rings. The molecule has 0 saturated heterocycles. The first-order valence-corrected chi connectivity index (χ1v) is 6.41. The van der Waals surface area contributed by atoms with E-state index >= 15 is 0 Å². The van der Waals surface area contributed by atoms with Crippen LogP contribution in [0.2, 0.25) is 0 Å². The van der Waals surface area contributed by atoms with Crippen LogP contribution in [0.1, 0.15) is 28.9 Å². The van der Waals surface area contributed by atoms with Gasteiger partial charge in [-0.15, -0.1) is 0 Å². The monoisotopic (exact) mass is 291 g/mol. The van der Waals surface area contributed by atoms with Crippen molar-refractivity contribution in [3.05, 3.63) is 65.2 Å². The Morgan fingerprint density at radius 1 is 1.14 bits per heavy atom. The van der Waals surface area contributed by atoms with Crippen LogP contribution < -0.4 is 10.1 Å². The maximum absolute atomic E-state index is 13.6. The molecule has 0 saturated carbocycles. The average molecular weight is 291 g/mol. The highest BCUT2D eigenvalue weighted by atomic mass is 19.1. The lowest BCUT2D eigenvalue weighted by molar-refractivity contribution is 0.0939. The van der Waals surface area contributed by atoms with Gasteiger partial charge in [0.1, 0.15) is 5.82 Å². The van der Waals surface area contributed by atoms with E-state index in [1.807, 2.05) is 0 Å². The van der Waals surface area contributed by atoms with E-state index in [2.05, 4.69) is 5.32 Å². The van der Waals surface area contributed by atoms with Gasteiger partial charge in [0.2, 0.25) is 0 Å². The maximum atomic E-state index is 13.6. The minimum Gasteiger partial charge on any atom is -0.494 e. The van der Waals surface area contributed by atoms with Crippen LogP contribution in [0.3, 0.4) is 0 Å². The number of rotatable bonds is 4. The Balaban J connectivity index is 2.10. The second-order valence-corrected chi connectivity index (χ2v) is 4.60. The summed E-state index contributed by atoms with van der Waals surface area (Å²) in [5.74, 6) is -1.09. The van der Waals surface area contributed by atoms with E-state index in [9.17, 15) is 13.6 Å². The van der Waals surface area contributed by atoms with E-state index in [1.165, 1.54) is 43.5 Å². The van der Waals surface area contributed by atoms with Crippen molar-refractivity contribution in [2.24, 2.45) is 0 Å². The van der Waals surface area contributed by atoms with Gasteiger partial charge in [0.25, 0.3) is 5.91 Å². The Hall–Kier alpha value is -2.43. The number of ether oxygens (including phenoxy) is 1. The van der Waals surface area contributed by atoms with Crippen molar-refractivity contribution < 1.29 is 18.3 Å². The first-order valence-electron chi connectivity index (χ1n) is 6.41. The lowest BCUT2D eigenvalue weighted by Gasteiger charge is -2.15. The Labute approximate surface area is 121 Å². The molecule has 0 aliphatic heterocycles. The molecule has 3 nitrogen and oxygen atoms in total. The predicted octanol–water partition coefficient (Wildman–Crippen LogP) is 3.46. The van der Waals surface area contributed by atoms with Crippen molar-refractivity contribution in [3.63, 3.8) is 0 Å². The van der Waals surface area contributed by atoms with Crippen LogP contribution in [0.25, 0.3) is 0 Å². The summed E-state index contributed by atoms with van der Waals surface area (Å²) in [6.45, 7) is 1.74. The Bertz CT molecular complexity index is 641. The maximum Gasteiger partial charge on any atom is 0.251 e. The topological polar surface area (TPSA) is 38.3 Å². The number of carbonyl (C=O) groups excluding carboxylic acids is 1. The molecule has 0 heterocycles. The van der Waals surface area contributed by atoms with E-state index < -0.39 is 11.6 Å². The standard InChI is InChI=1S/C16H15F2NO2/c1-10(12-5-8-15(21-2)14(18)9-12)19-16(20)11-3-6-13(17)7-4-11/h3-10H,1-2H3,(H,19,20). The Kier molecular flexibility index (Phi) is 4.52. The van der Waals surface area contributed by atoms with E-state index in [-0.39, 0.29) is 17.7 Å². The van der Waals surface area contributed by atoms with Crippen molar-refractivity contribution in [2.45, 2.75) is 13.0 Å². The number of nitrogens with one attached hydrogen (secondary N) is 1. The first-order chi connectivity index (χ1) is 10.0. The first kappa shape index (κ1) is 15.0. The van der Waals surface area contributed by atoms with Crippen LogP contribution in [0.4, 0.5) is 8.78 Å². The molecule has 1 unspecified atom stereocenters. The zero-order chi connectivity index (χ0) is 15.4. The molecule has 0 aromatic heterocycles. The quantitative estimate of drug-likeness (QED) is 0.936. The molecule has 0 bridgehead atoms. The average Bonchev–Trinajstić information content (AvgIpc) is 2.47. The van der Waals surface area contributed by atoms with Crippen molar-refractivity contribution in [3.8, 4) is 5.75 Å². The van der Waals surface area contributed by atoms with Gasteiger partial charge in [0.15, 0.2) is 11.6 Å².